The Morgan fingerprint density at radius 1 is 0.906 bits per heavy atom. The smallest absolute Gasteiger partial charge is 0.407 e. The predicted octanol–water partition coefficient (Wildman–Crippen LogP) is 7.87. The number of H-pyrrole nitrogens is 2. The summed E-state index contributed by atoms with van der Waals surface area (Å²) in [5.74, 6) is 1.50. The first kappa shape index (κ1) is 45.9. The fourth-order valence-electron chi connectivity index (χ4n) is 9.13. The molecule has 0 spiro atoms. The van der Waals surface area contributed by atoms with Crippen LogP contribution in [0.2, 0.25) is 0 Å². The monoisotopic (exact) mass is 878 g/mol. The standard InChI is InChI=1S/C48H62N8O8/c1-10-28(24-61-7)22-55(45(57)41(26(3)4)53-47(59)62-8)23-40-50-36-16-13-29-19-35-33-15-12-30(18-31(33)25-64-39(35)20-34(29)43(36)52-40)37-21-49-44(51-37)38-17-14-32(11-2)56(38)46(58)42(27(5)6)54-48(60)63-9/h12-13,15-16,18-21,26-28,32,38,41-42H,10-11,14,17,22-25H2,1-9H3,(H,49,51)(H,50,52)(H,53,59)(H,54,60)/t28-,32-,38-,41-,42-/m0/s1. The van der Waals surface area contributed by atoms with Crippen LogP contribution in [-0.2, 0) is 37.0 Å². The molecule has 2 aliphatic rings. The van der Waals surface area contributed by atoms with Crippen molar-refractivity contribution in [2.45, 2.75) is 105 Å². The summed E-state index contributed by atoms with van der Waals surface area (Å²) in [6.45, 7) is 13.2. The minimum absolute atomic E-state index is 0.0294. The lowest BCUT2D eigenvalue weighted by molar-refractivity contribution is -0.138. The summed E-state index contributed by atoms with van der Waals surface area (Å²) in [4.78, 5) is 73.0. The van der Waals surface area contributed by atoms with Crippen LogP contribution in [0, 0.1) is 17.8 Å². The molecule has 7 rings (SSSR count). The van der Waals surface area contributed by atoms with Gasteiger partial charge in [0, 0.05) is 30.6 Å². The van der Waals surface area contributed by atoms with E-state index < -0.39 is 24.3 Å². The third-order valence-electron chi connectivity index (χ3n) is 12.7. The first-order chi connectivity index (χ1) is 30.8. The first-order valence-corrected chi connectivity index (χ1v) is 22.3. The highest BCUT2D eigenvalue weighted by atomic mass is 16.5. The Morgan fingerprint density at radius 3 is 2.31 bits per heavy atom. The number of nitrogens with zero attached hydrogens (tertiary/aromatic N) is 4. The molecule has 2 aromatic heterocycles. The molecule has 5 aromatic rings. The lowest BCUT2D eigenvalue weighted by atomic mass is 9.92. The van der Waals surface area contributed by atoms with Crippen molar-refractivity contribution in [1.82, 2.24) is 40.4 Å². The first-order valence-electron chi connectivity index (χ1n) is 22.3. The van der Waals surface area contributed by atoms with Gasteiger partial charge in [0.2, 0.25) is 11.8 Å². The van der Waals surface area contributed by atoms with Crippen LogP contribution < -0.4 is 15.4 Å². The Labute approximate surface area is 374 Å². The van der Waals surface area contributed by atoms with Crippen molar-refractivity contribution < 1.29 is 38.1 Å². The van der Waals surface area contributed by atoms with Crippen LogP contribution in [0.3, 0.4) is 0 Å². The third kappa shape index (κ3) is 9.37. The molecule has 0 unspecified atom stereocenters. The maximum atomic E-state index is 14.1. The summed E-state index contributed by atoms with van der Waals surface area (Å²) in [7, 11) is 4.23. The number of alkyl carbamates (subject to hydrolysis) is 2. The van der Waals surface area contributed by atoms with Crippen molar-refractivity contribution >= 4 is 45.8 Å². The van der Waals surface area contributed by atoms with Gasteiger partial charge in [-0.3, -0.25) is 9.59 Å². The van der Waals surface area contributed by atoms with E-state index in [4.69, 9.17) is 28.9 Å². The van der Waals surface area contributed by atoms with Gasteiger partial charge in [-0.2, -0.15) is 0 Å². The predicted molar refractivity (Wildman–Crippen MR) is 243 cm³/mol. The van der Waals surface area contributed by atoms with E-state index in [2.05, 4.69) is 64.8 Å². The Kier molecular flexibility index (Phi) is 14.1. The van der Waals surface area contributed by atoms with Gasteiger partial charge in [0.25, 0.3) is 0 Å². The van der Waals surface area contributed by atoms with Gasteiger partial charge in [-0.05, 0) is 89.8 Å². The minimum atomic E-state index is -0.784. The molecule has 64 heavy (non-hydrogen) atoms. The molecular formula is C48H62N8O8. The van der Waals surface area contributed by atoms with Gasteiger partial charge < -0.3 is 49.3 Å². The van der Waals surface area contributed by atoms with Crippen molar-refractivity contribution in [3.05, 3.63) is 65.9 Å². The average Bonchev–Trinajstić information content (AvgIpc) is 4.06. The number of methoxy groups -OCH3 is 3. The van der Waals surface area contributed by atoms with Crippen LogP contribution in [0.4, 0.5) is 9.59 Å². The van der Waals surface area contributed by atoms with Crippen LogP contribution in [0.1, 0.15) is 90.5 Å². The van der Waals surface area contributed by atoms with Crippen molar-refractivity contribution in [2.24, 2.45) is 17.8 Å². The fraction of sp³-hybridized carbons (Fsp3) is 0.500. The highest BCUT2D eigenvalue weighted by molar-refractivity contribution is 6.07. The van der Waals surface area contributed by atoms with Crippen molar-refractivity contribution in [2.75, 3.05) is 34.5 Å². The van der Waals surface area contributed by atoms with Crippen LogP contribution in [-0.4, -0.2) is 106 Å². The van der Waals surface area contributed by atoms with E-state index in [0.29, 0.717) is 31.4 Å². The summed E-state index contributed by atoms with van der Waals surface area (Å²) >= 11 is 0. The maximum absolute atomic E-state index is 14.1. The van der Waals surface area contributed by atoms with Crippen LogP contribution in [0.5, 0.6) is 5.75 Å². The molecule has 4 amide bonds. The lowest BCUT2D eigenvalue weighted by Gasteiger charge is -2.34. The van der Waals surface area contributed by atoms with Gasteiger partial charge in [0.05, 0.1) is 56.3 Å². The zero-order valence-electron chi connectivity index (χ0n) is 38.4. The number of ether oxygens (including phenoxy) is 4. The molecule has 0 bridgehead atoms. The van der Waals surface area contributed by atoms with E-state index in [1.807, 2.05) is 50.9 Å². The average molecular weight is 879 g/mol. The topological polar surface area (TPSA) is 193 Å². The Bertz CT molecular complexity index is 2500. The Balaban J connectivity index is 1.14. The zero-order chi connectivity index (χ0) is 45.8. The number of carbonyl (C=O) groups excluding carboxylic acids is 4. The highest BCUT2D eigenvalue weighted by Crippen LogP contribution is 2.43. The van der Waals surface area contributed by atoms with Crippen LogP contribution in [0.25, 0.3) is 44.2 Å². The number of fused-ring (bicyclic) bond motifs is 6. The normalized spacial score (nSPS) is 17.1. The van der Waals surface area contributed by atoms with Crippen LogP contribution in [0.15, 0.2) is 48.7 Å². The van der Waals surface area contributed by atoms with E-state index in [0.717, 1.165) is 81.2 Å². The van der Waals surface area contributed by atoms with E-state index >= 15 is 0 Å². The van der Waals surface area contributed by atoms with Crippen molar-refractivity contribution in [3.63, 3.8) is 0 Å². The summed E-state index contributed by atoms with van der Waals surface area (Å²) in [5.41, 5.74) is 6.47. The highest BCUT2D eigenvalue weighted by Gasteiger charge is 2.42. The number of likely N-dealkylation sites (tertiary alicyclic amines) is 1. The molecule has 0 radical (unpaired) electrons. The molecule has 342 valence electrons. The minimum Gasteiger partial charge on any atom is -0.488 e. The van der Waals surface area contributed by atoms with Gasteiger partial charge in [-0.1, -0.05) is 59.7 Å². The van der Waals surface area contributed by atoms with E-state index in [-0.39, 0.29) is 48.2 Å². The second-order valence-electron chi connectivity index (χ2n) is 17.6. The second kappa shape index (κ2) is 19.7. The number of amides is 4. The number of rotatable bonds is 16. The molecule has 16 nitrogen and oxygen atoms in total. The van der Waals surface area contributed by atoms with E-state index in [1.54, 1.807) is 12.0 Å². The van der Waals surface area contributed by atoms with E-state index in [9.17, 15) is 19.2 Å². The number of carbonyl (C=O) groups is 4. The zero-order valence-corrected chi connectivity index (χ0v) is 38.4. The molecule has 0 aliphatic carbocycles. The SMILES string of the molecule is CC[C@H](COC)CN(Cc1nc2c(ccc3cc4c(cc32)OCc2cc(-c3cnc([C@@H]5CC[C@H](CC)N5C(=O)[C@@H](NC(=O)OC)C(C)C)[nH]3)ccc2-4)[nH]1)C(=O)[C@@H](NC(=O)OC)C(C)C. The number of imidazole rings is 2. The molecule has 0 saturated carbocycles. The largest absolute Gasteiger partial charge is 0.488 e. The molecular weight excluding hydrogens is 817 g/mol. The summed E-state index contributed by atoms with van der Waals surface area (Å²) in [5, 5.41) is 7.39. The molecule has 3 aromatic carbocycles. The lowest BCUT2D eigenvalue weighted by Crippen LogP contribution is -2.53. The van der Waals surface area contributed by atoms with Gasteiger partial charge in [0.1, 0.15) is 36.1 Å². The van der Waals surface area contributed by atoms with E-state index in [1.165, 1.54) is 14.2 Å². The molecule has 1 saturated heterocycles. The second-order valence-corrected chi connectivity index (χ2v) is 17.6. The molecule has 16 heteroatoms. The fourth-order valence-corrected chi connectivity index (χ4v) is 9.13. The summed E-state index contributed by atoms with van der Waals surface area (Å²) < 4.78 is 21.6. The molecule has 2 aliphatic heterocycles. The quantitative estimate of drug-likeness (QED) is 0.0758. The Morgan fingerprint density at radius 2 is 1.64 bits per heavy atom. The molecule has 1 fully saturated rings. The summed E-state index contributed by atoms with van der Waals surface area (Å²) in [6, 6.07) is 12.8. The van der Waals surface area contributed by atoms with Gasteiger partial charge >= 0.3 is 12.2 Å². The van der Waals surface area contributed by atoms with Crippen molar-refractivity contribution in [3.8, 4) is 28.1 Å². The number of aromatic amines is 2. The number of benzene rings is 3. The van der Waals surface area contributed by atoms with Gasteiger partial charge in [0.15, 0.2) is 0 Å². The maximum Gasteiger partial charge on any atom is 0.407 e. The van der Waals surface area contributed by atoms with Gasteiger partial charge in [-0.25, -0.2) is 19.6 Å². The third-order valence-corrected chi connectivity index (χ3v) is 12.7. The van der Waals surface area contributed by atoms with Crippen molar-refractivity contribution in [1.29, 1.82) is 0 Å². The number of hydrogen-bond donors (Lipinski definition) is 4. The number of aromatic nitrogens is 4. The van der Waals surface area contributed by atoms with Gasteiger partial charge in [-0.15, -0.1) is 0 Å². The molecule has 4 N–H and O–H groups in total. The molecule has 5 atom stereocenters. The molecule has 4 heterocycles. The number of nitrogens with one attached hydrogen (secondary N) is 4. The summed E-state index contributed by atoms with van der Waals surface area (Å²) in [6.07, 6.45) is 3.73. The Hall–Kier alpha value is -6.16. The number of hydrogen-bond acceptors (Lipinski definition) is 10. The van der Waals surface area contributed by atoms with Crippen LogP contribution >= 0.6 is 0 Å².